The maximum absolute atomic E-state index is 11.8. The molecule has 6 heteroatoms. The van der Waals surface area contributed by atoms with Gasteiger partial charge in [-0.25, -0.2) is 0 Å². The number of ether oxygens (including phenoxy) is 2. The van der Waals surface area contributed by atoms with Gasteiger partial charge in [-0.1, -0.05) is 0 Å². The molecule has 0 spiro atoms. The quantitative estimate of drug-likeness (QED) is 0.439. The van der Waals surface area contributed by atoms with Crippen LogP contribution in [0.1, 0.15) is 0 Å². The smallest absolute Gasteiger partial charge is 0.307 e. The van der Waals surface area contributed by atoms with Gasteiger partial charge in [0.1, 0.15) is 5.75 Å². The van der Waals surface area contributed by atoms with Crippen molar-refractivity contribution in [3.05, 3.63) is 0 Å². The average Bonchev–Trinajstić information content (AvgIpc) is 1.81. The Balaban J connectivity index is 3.87. The minimum atomic E-state index is -4.50. The number of methoxy groups -OCH3 is 2. The molecule has 0 bridgehead atoms. The fourth-order valence-electron chi connectivity index (χ4n) is 0.395. The molecule has 0 aliphatic heterocycles. The monoisotopic (exact) mass is 172 g/mol. The average molecular weight is 172 g/mol. The molecule has 0 atom stereocenters. The topological polar surface area (TPSA) is 52.6 Å². The van der Waals surface area contributed by atoms with E-state index < -0.39 is 22.3 Å². The largest absolute Gasteiger partial charge is 0.355 e. The van der Waals surface area contributed by atoms with E-state index in [0.717, 1.165) is 0 Å². The van der Waals surface area contributed by atoms with Crippen molar-refractivity contribution in [2.45, 2.75) is 6.29 Å². The zero-order valence-electron chi connectivity index (χ0n) is 5.70. The second-order valence-corrected chi connectivity index (χ2v) is 3.02. The summed E-state index contributed by atoms with van der Waals surface area (Å²) in [5.41, 5.74) is 0. The molecule has 4 nitrogen and oxygen atoms in total. The Hall–Kier alpha value is -0.200. The lowest BCUT2D eigenvalue weighted by Crippen LogP contribution is -2.22. The van der Waals surface area contributed by atoms with Gasteiger partial charge in [0.2, 0.25) is 0 Å². The highest BCUT2D eigenvalue weighted by molar-refractivity contribution is 7.86. The maximum atomic E-state index is 11.8. The lowest BCUT2D eigenvalue weighted by Gasteiger charge is -2.09. The first-order valence-corrected chi connectivity index (χ1v) is 4.03. The number of rotatable bonds is 4. The minimum absolute atomic E-state index is 0.764. The summed E-state index contributed by atoms with van der Waals surface area (Å²) in [5, 5.41) is 0. The highest BCUT2D eigenvalue weighted by Gasteiger charge is 2.16. The molecule has 0 fully saturated rings. The Kier molecular flexibility index (Phi) is 3.77. The van der Waals surface area contributed by atoms with Crippen LogP contribution in [0.15, 0.2) is 0 Å². The lowest BCUT2D eigenvalue weighted by atomic mass is 10.7. The van der Waals surface area contributed by atoms with E-state index >= 15 is 0 Å². The van der Waals surface area contributed by atoms with E-state index in [2.05, 4.69) is 9.47 Å². The van der Waals surface area contributed by atoms with E-state index in [1.165, 1.54) is 14.2 Å². The first-order valence-electron chi connectivity index (χ1n) is 2.47. The van der Waals surface area contributed by atoms with Crippen LogP contribution in [0.25, 0.3) is 0 Å². The zero-order chi connectivity index (χ0) is 8.20. The number of halogens is 1. The van der Waals surface area contributed by atoms with Gasteiger partial charge in [0.15, 0.2) is 6.29 Å². The van der Waals surface area contributed by atoms with Gasteiger partial charge in [-0.2, -0.15) is 8.42 Å². The molecule has 0 aliphatic carbocycles. The molecule has 0 aromatic heterocycles. The summed E-state index contributed by atoms with van der Waals surface area (Å²) in [5.74, 6) is -0.764. The predicted molar refractivity (Wildman–Crippen MR) is 32.7 cm³/mol. The summed E-state index contributed by atoms with van der Waals surface area (Å²) >= 11 is 0. The van der Waals surface area contributed by atoms with Crippen LogP contribution in [0.5, 0.6) is 0 Å². The second kappa shape index (κ2) is 3.85. The van der Waals surface area contributed by atoms with Gasteiger partial charge in [-0.15, -0.1) is 3.89 Å². The zero-order valence-corrected chi connectivity index (χ0v) is 6.52. The molecule has 0 unspecified atom stereocenters. The van der Waals surface area contributed by atoms with E-state index in [1.54, 1.807) is 0 Å². The molecule has 62 valence electrons. The van der Waals surface area contributed by atoms with Crippen molar-refractivity contribution in [3.8, 4) is 0 Å². The van der Waals surface area contributed by atoms with E-state index in [9.17, 15) is 12.3 Å². The predicted octanol–water partition coefficient (Wildman–Crippen LogP) is -0.0954. The third kappa shape index (κ3) is 4.66. The highest BCUT2D eigenvalue weighted by Crippen LogP contribution is 1.98. The van der Waals surface area contributed by atoms with E-state index in [4.69, 9.17) is 0 Å². The molecule has 0 saturated heterocycles. The number of hydrogen-bond donors (Lipinski definition) is 0. The second-order valence-electron chi connectivity index (χ2n) is 1.61. The van der Waals surface area contributed by atoms with Gasteiger partial charge < -0.3 is 9.47 Å². The highest BCUT2D eigenvalue weighted by atomic mass is 32.3. The fourth-order valence-corrected chi connectivity index (χ4v) is 0.992. The van der Waals surface area contributed by atoms with E-state index in [1.807, 2.05) is 0 Å². The maximum Gasteiger partial charge on any atom is 0.307 e. The van der Waals surface area contributed by atoms with Crippen LogP contribution in [-0.2, 0) is 19.7 Å². The van der Waals surface area contributed by atoms with Crippen LogP contribution in [0.2, 0.25) is 0 Å². The van der Waals surface area contributed by atoms with Gasteiger partial charge in [0.05, 0.1) is 0 Å². The Labute approximate surface area is 59.1 Å². The third-order valence-electron chi connectivity index (χ3n) is 0.861. The van der Waals surface area contributed by atoms with Crippen molar-refractivity contribution in [3.63, 3.8) is 0 Å². The minimum Gasteiger partial charge on any atom is -0.355 e. The van der Waals surface area contributed by atoms with Crippen LogP contribution < -0.4 is 0 Å². The van der Waals surface area contributed by atoms with Crippen molar-refractivity contribution in [1.29, 1.82) is 0 Å². The van der Waals surface area contributed by atoms with Gasteiger partial charge in [-0.3, -0.25) is 0 Å². The molecular weight excluding hydrogens is 163 g/mol. The van der Waals surface area contributed by atoms with Crippen molar-refractivity contribution < 1.29 is 21.8 Å². The molecule has 0 saturated carbocycles. The fraction of sp³-hybridized carbons (Fsp3) is 1.00. The molecule has 10 heavy (non-hydrogen) atoms. The molecule has 0 aliphatic rings. The summed E-state index contributed by atoms with van der Waals surface area (Å²) in [4.78, 5) is 0. The van der Waals surface area contributed by atoms with Crippen LogP contribution in [0.3, 0.4) is 0 Å². The van der Waals surface area contributed by atoms with Gasteiger partial charge in [0.25, 0.3) is 0 Å². The summed E-state index contributed by atoms with van der Waals surface area (Å²) in [7, 11) is -2.03. The lowest BCUT2D eigenvalue weighted by molar-refractivity contribution is -0.0855. The van der Waals surface area contributed by atoms with E-state index in [-0.39, 0.29) is 0 Å². The summed E-state index contributed by atoms with van der Waals surface area (Å²) in [6, 6.07) is 0. The van der Waals surface area contributed by atoms with Gasteiger partial charge >= 0.3 is 10.2 Å². The molecule has 0 heterocycles. The van der Waals surface area contributed by atoms with Crippen molar-refractivity contribution >= 4 is 10.2 Å². The Bertz CT molecular complexity index is 172. The Morgan fingerprint density at radius 3 is 1.90 bits per heavy atom. The van der Waals surface area contributed by atoms with Crippen LogP contribution in [0.4, 0.5) is 3.89 Å². The third-order valence-corrected chi connectivity index (χ3v) is 1.53. The summed E-state index contributed by atoms with van der Waals surface area (Å²) in [6.45, 7) is 0. The van der Waals surface area contributed by atoms with E-state index in [0.29, 0.717) is 0 Å². The van der Waals surface area contributed by atoms with Crippen LogP contribution in [0, 0.1) is 0 Å². The first-order chi connectivity index (χ1) is 4.49. The van der Waals surface area contributed by atoms with Crippen LogP contribution >= 0.6 is 0 Å². The molecule has 0 N–H and O–H groups in total. The summed E-state index contributed by atoms with van der Waals surface area (Å²) in [6.07, 6.45) is -1.02. The molecule has 0 radical (unpaired) electrons. The van der Waals surface area contributed by atoms with Crippen LogP contribution in [-0.4, -0.2) is 34.7 Å². The number of hydrogen-bond acceptors (Lipinski definition) is 4. The molecular formula is C4H9FO4S. The van der Waals surface area contributed by atoms with Gasteiger partial charge in [0, 0.05) is 14.2 Å². The molecule has 0 rings (SSSR count). The first kappa shape index (κ1) is 9.80. The van der Waals surface area contributed by atoms with Gasteiger partial charge in [-0.05, 0) is 0 Å². The molecule has 0 aromatic carbocycles. The normalized spacial score (nSPS) is 12.4. The SMILES string of the molecule is COC(CS(=O)(=O)F)OC. The summed E-state index contributed by atoms with van der Waals surface area (Å²) < 4.78 is 40.6. The Morgan fingerprint density at radius 2 is 1.80 bits per heavy atom. The molecule has 0 amide bonds. The molecule has 0 aromatic rings. The Morgan fingerprint density at radius 1 is 1.40 bits per heavy atom. The van der Waals surface area contributed by atoms with Crippen molar-refractivity contribution in [1.82, 2.24) is 0 Å². The van der Waals surface area contributed by atoms with Crippen molar-refractivity contribution in [2.75, 3.05) is 20.0 Å². The standard InChI is InChI=1S/C4H9FO4S/c1-8-4(9-2)3-10(5,6)7/h4H,3H2,1-2H3. The van der Waals surface area contributed by atoms with Crippen molar-refractivity contribution in [2.24, 2.45) is 0 Å².